The second-order valence-corrected chi connectivity index (χ2v) is 8.80. The Kier molecular flexibility index (Phi) is 6.31. The molecule has 9 nitrogen and oxygen atoms in total. The summed E-state index contributed by atoms with van der Waals surface area (Å²) in [4.78, 5) is 31.2. The summed E-state index contributed by atoms with van der Waals surface area (Å²) in [6.07, 6.45) is 2.48. The summed E-state index contributed by atoms with van der Waals surface area (Å²) in [5.74, 6) is -0.235. The number of imidazole rings is 1. The fourth-order valence-corrected chi connectivity index (χ4v) is 4.35. The maximum absolute atomic E-state index is 14.9. The van der Waals surface area contributed by atoms with E-state index in [2.05, 4.69) is 25.3 Å². The Morgan fingerprint density at radius 2 is 1.83 bits per heavy atom. The summed E-state index contributed by atoms with van der Waals surface area (Å²) in [5, 5.41) is 2.92. The van der Waals surface area contributed by atoms with Crippen LogP contribution in [0.15, 0.2) is 36.7 Å². The lowest BCUT2D eigenvalue weighted by molar-refractivity contribution is 0.0302. The number of halogens is 2. The van der Waals surface area contributed by atoms with Crippen LogP contribution in [0.1, 0.15) is 36.1 Å². The molecule has 0 saturated carbocycles. The van der Waals surface area contributed by atoms with Gasteiger partial charge in [-0.2, -0.15) is 0 Å². The minimum Gasteiger partial charge on any atom is -0.378 e. The van der Waals surface area contributed by atoms with Gasteiger partial charge in [0.05, 0.1) is 30.5 Å². The van der Waals surface area contributed by atoms with Crippen LogP contribution in [0.5, 0.6) is 0 Å². The number of carbonyl (C=O) groups is 1. The first kappa shape index (κ1) is 23.7. The third-order valence-corrected chi connectivity index (χ3v) is 6.01. The zero-order valence-electron chi connectivity index (χ0n) is 20.1. The molecule has 1 N–H and O–H groups in total. The average Bonchev–Trinajstić information content (AvgIpc) is 3.22. The number of nitrogens with zero attached hydrogens (tertiary/aromatic N) is 6. The second-order valence-electron chi connectivity index (χ2n) is 8.80. The van der Waals surface area contributed by atoms with Crippen molar-refractivity contribution in [2.45, 2.75) is 26.8 Å². The van der Waals surface area contributed by atoms with E-state index in [1.807, 2.05) is 18.4 Å². The molecule has 5 rings (SSSR count). The van der Waals surface area contributed by atoms with E-state index in [1.165, 1.54) is 12.3 Å². The van der Waals surface area contributed by atoms with Crippen molar-refractivity contribution in [3.63, 3.8) is 0 Å². The highest BCUT2D eigenvalue weighted by molar-refractivity contribution is 5.94. The van der Waals surface area contributed by atoms with E-state index >= 15 is 0 Å². The van der Waals surface area contributed by atoms with Gasteiger partial charge in [-0.15, -0.1) is 0 Å². The van der Waals surface area contributed by atoms with E-state index < -0.39 is 11.6 Å². The Morgan fingerprint density at radius 3 is 2.53 bits per heavy atom. The van der Waals surface area contributed by atoms with Gasteiger partial charge in [-0.05, 0) is 45.0 Å². The third kappa shape index (κ3) is 4.49. The molecule has 36 heavy (non-hydrogen) atoms. The average molecular weight is 494 g/mol. The van der Waals surface area contributed by atoms with Gasteiger partial charge in [-0.1, -0.05) is 0 Å². The van der Waals surface area contributed by atoms with Crippen molar-refractivity contribution in [3.8, 4) is 11.3 Å². The predicted octanol–water partition coefficient (Wildman–Crippen LogP) is 4.27. The molecular formula is C25H25F2N7O2. The molecule has 0 spiro atoms. The molecule has 3 aromatic heterocycles. The predicted molar refractivity (Wildman–Crippen MR) is 130 cm³/mol. The van der Waals surface area contributed by atoms with E-state index in [4.69, 9.17) is 4.74 Å². The number of nitrogens with one attached hydrogen (secondary N) is 1. The summed E-state index contributed by atoms with van der Waals surface area (Å²) in [6, 6.07) is 6.21. The topological polar surface area (TPSA) is 98.1 Å². The number of benzene rings is 1. The lowest BCUT2D eigenvalue weighted by Gasteiger charge is -2.26. The molecule has 0 bridgehead atoms. The highest BCUT2D eigenvalue weighted by Gasteiger charge is 2.20. The van der Waals surface area contributed by atoms with Gasteiger partial charge in [0, 0.05) is 30.9 Å². The molecule has 0 radical (unpaired) electrons. The number of fused-ring (bicyclic) bond motifs is 1. The van der Waals surface area contributed by atoms with Crippen LogP contribution < -0.4 is 5.32 Å². The van der Waals surface area contributed by atoms with Crippen LogP contribution in [0.4, 0.5) is 20.5 Å². The van der Waals surface area contributed by atoms with Crippen molar-refractivity contribution in [2.24, 2.45) is 0 Å². The highest BCUT2D eigenvalue weighted by atomic mass is 19.1. The number of hydrogen-bond acceptors (Lipinski definition) is 7. The molecule has 4 aromatic rings. The number of rotatable bonds is 5. The fraction of sp³-hybridized carbons (Fsp3) is 0.320. The summed E-state index contributed by atoms with van der Waals surface area (Å²) in [7, 11) is 0. The minimum atomic E-state index is -0.689. The van der Waals surface area contributed by atoms with Crippen molar-refractivity contribution in [2.75, 3.05) is 31.6 Å². The van der Waals surface area contributed by atoms with Crippen molar-refractivity contribution in [3.05, 3.63) is 59.7 Å². The number of amides is 1. The van der Waals surface area contributed by atoms with Crippen LogP contribution in [0.3, 0.4) is 0 Å². The van der Waals surface area contributed by atoms with Gasteiger partial charge in [-0.25, -0.2) is 28.7 Å². The summed E-state index contributed by atoms with van der Waals surface area (Å²) in [6.45, 7) is 7.85. The summed E-state index contributed by atoms with van der Waals surface area (Å²) < 4.78 is 36.8. The molecule has 1 saturated heterocycles. The van der Waals surface area contributed by atoms with Gasteiger partial charge >= 0.3 is 0 Å². The molecule has 0 aliphatic carbocycles. The monoisotopic (exact) mass is 493 g/mol. The number of anilines is 2. The maximum atomic E-state index is 14.9. The molecule has 1 fully saturated rings. The van der Waals surface area contributed by atoms with Gasteiger partial charge in [0.15, 0.2) is 11.6 Å². The molecule has 0 unspecified atom stereocenters. The second kappa shape index (κ2) is 9.57. The Bertz CT molecular complexity index is 1430. The van der Waals surface area contributed by atoms with E-state index in [-0.39, 0.29) is 34.7 Å². The van der Waals surface area contributed by atoms with Crippen LogP contribution >= 0.6 is 0 Å². The number of aromatic nitrogens is 5. The first-order valence-corrected chi connectivity index (χ1v) is 11.6. The standard InChI is InChI=1S/C25H25F2N7O2/c1-14(2)34-15(3)30-23-18(26)10-17(11-20(23)34)22-19(27)13-29-25(32-22)31-21-5-4-16(12-28-21)24(35)33-6-8-36-9-7-33/h4-5,10-14H,6-9H2,1-3H3,(H,28,29,31,32). The molecule has 1 aromatic carbocycles. The highest BCUT2D eigenvalue weighted by Crippen LogP contribution is 2.30. The van der Waals surface area contributed by atoms with Gasteiger partial charge < -0.3 is 19.5 Å². The van der Waals surface area contributed by atoms with Crippen LogP contribution in [-0.4, -0.2) is 61.6 Å². The number of aryl methyl sites for hydroxylation is 1. The Hall–Kier alpha value is -3.99. The Balaban J connectivity index is 1.42. The number of carbonyl (C=O) groups excluding carboxylic acids is 1. The van der Waals surface area contributed by atoms with Gasteiger partial charge in [0.25, 0.3) is 5.91 Å². The number of ether oxygens (including phenoxy) is 1. The van der Waals surface area contributed by atoms with Crippen LogP contribution in [-0.2, 0) is 4.74 Å². The van der Waals surface area contributed by atoms with Crippen molar-refractivity contribution >= 4 is 28.7 Å². The third-order valence-electron chi connectivity index (χ3n) is 6.01. The lowest BCUT2D eigenvalue weighted by atomic mass is 10.1. The maximum Gasteiger partial charge on any atom is 0.255 e. The van der Waals surface area contributed by atoms with Crippen molar-refractivity contribution < 1.29 is 18.3 Å². The minimum absolute atomic E-state index is 0.0429. The normalized spacial score (nSPS) is 14.0. The van der Waals surface area contributed by atoms with Gasteiger partial charge in [0.1, 0.15) is 22.9 Å². The quantitative estimate of drug-likeness (QED) is 0.443. The molecule has 0 atom stereocenters. The van der Waals surface area contributed by atoms with Gasteiger partial charge in [-0.3, -0.25) is 4.79 Å². The van der Waals surface area contributed by atoms with E-state index in [0.29, 0.717) is 49.0 Å². The zero-order valence-corrected chi connectivity index (χ0v) is 20.1. The lowest BCUT2D eigenvalue weighted by Crippen LogP contribution is -2.40. The van der Waals surface area contributed by atoms with E-state index in [9.17, 15) is 13.6 Å². The van der Waals surface area contributed by atoms with Crippen LogP contribution in [0, 0.1) is 18.6 Å². The summed E-state index contributed by atoms with van der Waals surface area (Å²) >= 11 is 0. The molecule has 11 heteroatoms. The van der Waals surface area contributed by atoms with Gasteiger partial charge in [0.2, 0.25) is 5.95 Å². The molecule has 4 heterocycles. The number of pyridine rings is 1. The Morgan fingerprint density at radius 1 is 1.06 bits per heavy atom. The smallest absolute Gasteiger partial charge is 0.255 e. The van der Waals surface area contributed by atoms with E-state index in [1.54, 1.807) is 30.0 Å². The van der Waals surface area contributed by atoms with Crippen LogP contribution in [0.2, 0.25) is 0 Å². The first-order chi connectivity index (χ1) is 17.3. The van der Waals surface area contributed by atoms with E-state index in [0.717, 1.165) is 6.20 Å². The zero-order chi connectivity index (χ0) is 25.4. The molecule has 1 amide bonds. The van der Waals surface area contributed by atoms with Crippen LogP contribution in [0.25, 0.3) is 22.3 Å². The number of hydrogen-bond donors (Lipinski definition) is 1. The molecule has 1 aliphatic heterocycles. The SMILES string of the molecule is Cc1nc2c(F)cc(-c3nc(Nc4ccc(C(=O)N5CCOCC5)cn4)ncc3F)cc2n1C(C)C. The van der Waals surface area contributed by atoms with Crippen molar-refractivity contribution in [1.82, 2.24) is 29.4 Å². The first-order valence-electron chi connectivity index (χ1n) is 11.6. The molecule has 1 aliphatic rings. The number of morpholine rings is 1. The Labute approximate surface area is 206 Å². The van der Waals surface area contributed by atoms with Crippen molar-refractivity contribution in [1.29, 1.82) is 0 Å². The summed E-state index contributed by atoms with van der Waals surface area (Å²) in [5.41, 5.74) is 1.45. The molecule has 186 valence electrons. The molecular weight excluding hydrogens is 468 g/mol. The fourth-order valence-electron chi connectivity index (χ4n) is 4.35. The largest absolute Gasteiger partial charge is 0.378 e.